The third-order valence-corrected chi connectivity index (χ3v) is 5.00. The van der Waals surface area contributed by atoms with Crippen LogP contribution in [0.2, 0.25) is 0 Å². The summed E-state index contributed by atoms with van der Waals surface area (Å²) in [6.07, 6.45) is 1.65. The van der Waals surface area contributed by atoms with Crippen LogP contribution in [-0.4, -0.2) is 70.5 Å². The Morgan fingerprint density at radius 3 is 2.57 bits per heavy atom. The van der Waals surface area contributed by atoms with E-state index in [1.165, 1.54) is 0 Å². The molecule has 162 valence electrons. The molecular weight excluding hydrogens is 380 g/mol. The topological polar surface area (TPSA) is 99.2 Å². The normalized spacial score (nSPS) is 14.8. The summed E-state index contributed by atoms with van der Waals surface area (Å²) in [6.45, 7) is 10.6. The molecule has 0 spiro atoms. The van der Waals surface area contributed by atoms with Crippen LogP contribution in [0.3, 0.4) is 0 Å². The van der Waals surface area contributed by atoms with Gasteiger partial charge in [-0.25, -0.2) is 4.98 Å². The van der Waals surface area contributed by atoms with Gasteiger partial charge in [0.25, 0.3) is 5.91 Å². The van der Waals surface area contributed by atoms with Gasteiger partial charge in [-0.15, -0.1) is 0 Å². The molecule has 0 saturated carbocycles. The zero-order chi connectivity index (χ0) is 21.5. The van der Waals surface area contributed by atoms with Gasteiger partial charge in [0.2, 0.25) is 11.9 Å². The minimum absolute atomic E-state index is 0.178. The number of carbonyl (C=O) groups excluding carboxylic acids is 1. The summed E-state index contributed by atoms with van der Waals surface area (Å²) < 4.78 is 0. The maximum Gasteiger partial charge on any atom is 0.269 e. The van der Waals surface area contributed by atoms with Crippen LogP contribution in [0.5, 0.6) is 0 Å². The van der Waals surface area contributed by atoms with Gasteiger partial charge in [-0.3, -0.25) is 4.79 Å². The Bertz CT molecular complexity index is 849. The second-order valence-corrected chi connectivity index (χ2v) is 7.99. The molecule has 30 heavy (non-hydrogen) atoms. The summed E-state index contributed by atoms with van der Waals surface area (Å²) in [5.74, 6) is 2.74. The first-order valence-corrected chi connectivity index (χ1v) is 10.6. The number of carbonyl (C=O) groups is 1. The predicted octanol–water partition coefficient (Wildman–Crippen LogP) is 2.10. The van der Waals surface area contributed by atoms with Crippen molar-refractivity contribution in [1.82, 2.24) is 30.2 Å². The minimum Gasteiger partial charge on any atom is -0.351 e. The van der Waals surface area contributed by atoms with E-state index < -0.39 is 0 Å². The van der Waals surface area contributed by atoms with Crippen molar-refractivity contribution >= 4 is 23.6 Å². The third kappa shape index (κ3) is 6.09. The number of hydrogen-bond donors (Lipinski definition) is 2. The second kappa shape index (κ2) is 10.3. The number of nitrogens with one attached hydrogen (secondary N) is 2. The van der Waals surface area contributed by atoms with Crippen LogP contribution in [-0.2, 0) is 6.42 Å². The molecule has 0 radical (unpaired) electrons. The van der Waals surface area contributed by atoms with Crippen molar-refractivity contribution in [2.24, 2.45) is 5.92 Å². The number of anilines is 3. The Morgan fingerprint density at radius 1 is 1.10 bits per heavy atom. The average Bonchev–Trinajstić information content (AvgIpc) is 2.74. The van der Waals surface area contributed by atoms with Crippen LogP contribution < -0.4 is 15.5 Å². The van der Waals surface area contributed by atoms with E-state index in [1.54, 1.807) is 18.2 Å². The highest BCUT2D eigenvalue weighted by Gasteiger charge is 2.18. The van der Waals surface area contributed by atoms with E-state index in [2.05, 4.69) is 61.3 Å². The van der Waals surface area contributed by atoms with E-state index in [-0.39, 0.29) is 5.91 Å². The number of aryl methyl sites for hydroxylation is 1. The number of aromatic nitrogens is 4. The summed E-state index contributed by atoms with van der Waals surface area (Å²) in [5.41, 5.74) is 0.368. The maximum absolute atomic E-state index is 12.4. The van der Waals surface area contributed by atoms with Crippen molar-refractivity contribution in [2.75, 3.05) is 50.0 Å². The monoisotopic (exact) mass is 412 g/mol. The first-order chi connectivity index (χ1) is 14.4. The van der Waals surface area contributed by atoms with E-state index in [0.29, 0.717) is 42.3 Å². The predicted molar refractivity (Wildman–Crippen MR) is 118 cm³/mol. The molecule has 1 saturated heterocycles. The SMILES string of the molecule is CCc1nc(Nc2cccc(C(=O)NCCC(C)C)n2)nc(N2CCN(C)CC2)n1. The van der Waals surface area contributed by atoms with Crippen LogP contribution >= 0.6 is 0 Å². The van der Waals surface area contributed by atoms with Crippen molar-refractivity contribution in [3.8, 4) is 0 Å². The molecule has 2 aromatic rings. The van der Waals surface area contributed by atoms with Crippen molar-refractivity contribution in [1.29, 1.82) is 0 Å². The number of nitrogens with zero attached hydrogens (tertiary/aromatic N) is 6. The number of piperazine rings is 1. The molecule has 0 atom stereocenters. The second-order valence-electron chi connectivity index (χ2n) is 7.99. The van der Waals surface area contributed by atoms with E-state index in [0.717, 1.165) is 38.4 Å². The number of likely N-dealkylation sites (N-methyl/N-ethyl adjacent to an activating group) is 1. The van der Waals surface area contributed by atoms with Gasteiger partial charge in [0.15, 0.2) is 0 Å². The molecular formula is C21H32N8O. The number of pyridine rings is 1. The highest BCUT2D eigenvalue weighted by molar-refractivity contribution is 5.92. The fourth-order valence-electron chi connectivity index (χ4n) is 3.08. The molecule has 3 heterocycles. The molecule has 1 fully saturated rings. The molecule has 2 aromatic heterocycles. The average molecular weight is 413 g/mol. The quantitative estimate of drug-likeness (QED) is 0.680. The van der Waals surface area contributed by atoms with Crippen LogP contribution in [0.25, 0.3) is 0 Å². The van der Waals surface area contributed by atoms with Crippen molar-refractivity contribution in [3.05, 3.63) is 29.7 Å². The van der Waals surface area contributed by atoms with Gasteiger partial charge in [-0.2, -0.15) is 15.0 Å². The number of rotatable bonds is 8. The van der Waals surface area contributed by atoms with Gasteiger partial charge in [0.1, 0.15) is 17.3 Å². The zero-order valence-corrected chi connectivity index (χ0v) is 18.4. The molecule has 1 aliphatic heterocycles. The van der Waals surface area contributed by atoms with Gasteiger partial charge in [-0.1, -0.05) is 26.8 Å². The summed E-state index contributed by atoms with van der Waals surface area (Å²) in [5, 5.41) is 6.06. The minimum atomic E-state index is -0.178. The van der Waals surface area contributed by atoms with E-state index in [4.69, 9.17) is 0 Å². The Kier molecular flexibility index (Phi) is 7.51. The molecule has 2 N–H and O–H groups in total. The maximum atomic E-state index is 12.4. The Balaban J connectivity index is 1.72. The fraction of sp³-hybridized carbons (Fsp3) is 0.571. The fourth-order valence-corrected chi connectivity index (χ4v) is 3.08. The Morgan fingerprint density at radius 2 is 1.87 bits per heavy atom. The lowest BCUT2D eigenvalue weighted by Gasteiger charge is -2.32. The zero-order valence-electron chi connectivity index (χ0n) is 18.4. The van der Waals surface area contributed by atoms with Gasteiger partial charge in [0.05, 0.1) is 0 Å². The van der Waals surface area contributed by atoms with Gasteiger partial charge >= 0.3 is 0 Å². The lowest BCUT2D eigenvalue weighted by atomic mass is 10.1. The first-order valence-electron chi connectivity index (χ1n) is 10.6. The highest BCUT2D eigenvalue weighted by Crippen LogP contribution is 2.17. The molecule has 1 aliphatic rings. The molecule has 0 aliphatic carbocycles. The molecule has 9 nitrogen and oxygen atoms in total. The van der Waals surface area contributed by atoms with Gasteiger partial charge in [-0.05, 0) is 31.5 Å². The van der Waals surface area contributed by atoms with Crippen molar-refractivity contribution in [3.63, 3.8) is 0 Å². The Labute approximate surface area is 178 Å². The summed E-state index contributed by atoms with van der Waals surface area (Å²) >= 11 is 0. The van der Waals surface area contributed by atoms with Crippen molar-refractivity contribution < 1.29 is 4.79 Å². The van der Waals surface area contributed by atoms with Crippen LogP contribution in [0.15, 0.2) is 18.2 Å². The summed E-state index contributed by atoms with van der Waals surface area (Å²) in [6, 6.07) is 5.31. The third-order valence-electron chi connectivity index (χ3n) is 5.00. The molecule has 0 aromatic carbocycles. The highest BCUT2D eigenvalue weighted by atomic mass is 16.1. The summed E-state index contributed by atoms with van der Waals surface area (Å²) in [7, 11) is 2.12. The number of amides is 1. The summed E-state index contributed by atoms with van der Waals surface area (Å²) in [4.78, 5) is 35.0. The standard InChI is InChI=1S/C21H32N8O/c1-5-17-24-20(27-21(26-17)29-13-11-28(4)12-14-29)25-18-8-6-7-16(23-18)19(30)22-10-9-15(2)3/h6-8,15H,5,9-14H2,1-4H3,(H,22,30)(H,23,24,25,26,27). The van der Waals surface area contributed by atoms with E-state index >= 15 is 0 Å². The van der Waals surface area contributed by atoms with Crippen LogP contribution in [0.4, 0.5) is 17.7 Å². The van der Waals surface area contributed by atoms with Crippen molar-refractivity contribution in [2.45, 2.75) is 33.6 Å². The van der Waals surface area contributed by atoms with Crippen LogP contribution in [0.1, 0.15) is 43.5 Å². The van der Waals surface area contributed by atoms with E-state index in [9.17, 15) is 4.79 Å². The largest absolute Gasteiger partial charge is 0.351 e. The first kappa shape index (κ1) is 21.9. The number of hydrogen-bond acceptors (Lipinski definition) is 8. The molecule has 9 heteroatoms. The van der Waals surface area contributed by atoms with Gasteiger partial charge < -0.3 is 20.4 Å². The molecule has 0 unspecified atom stereocenters. The van der Waals surface area contributed by atoms with E-state index in [1.807, 2.05) is 6.92 Å². The Hall–Kier alpha value is -2.81. The van der Waals surface area contributed by atoms with Gasteiger partial charge in [0, 0.05) is 39.1 Å². The van der Waals surface area contributed by atoms with Crippen LogP contribution in [0, 0.1) is 5.92 Å². The molecule has 0 bridgehead atoms. The lowest BCUT2D eigenvalue weighted by molar-refractivity contribution is 0.0947. The molecule has 3 rings (SSSR count). The molecule has 1 amide bonds. The smallest absolute Gasteiger partial charge is 0.269 e. The lowest BCUT2D eigenvalue weighted by Crippen LogP contribution is -2.45.